The summed E-state index contributed by atoms with van der Waals surface area (Å²) in [5.41, 5.74) is 7.79. The maximum Gasteiger partial charge on any atom is 0.257 e. The van der Waals surface area contributed by atoms with Crippen molar-refractivity contribution in [2.75, 3.05) is 11.1 Å². The zero-order chi connectivity index (χ0) is 15.0. The van der Waals surface area contributed by atoms with E-state index in [1.165, 1.54) is 12.1 Å². The minimum absolute atomic E-state index is 0.0893. The van der Waals surface area contributed by atoms with Crippen LogP contribution in [0.2, 0.25) is 0 Å². The quantitative estimate of drug-likeness (QED) is 0.709. The molecule has 0 aliphatic carbocycles. The Balaban J connectivity index is 1.90. The third kappa shape index (κ3) is 2.55. The van der Waals surface area contributed by atoms with Crippen LogP contribution in [0.3, 0.4) is 0 Å². The molecule has 0 fully saturated rings. The first-order valence-electron chi connectivity index (χ1n) is 6.26. The summed E-state index contributed by atoms with van der Waals surface area (Å²) in [4.78, 5) is 16.3. The Bertz CT molecular complexity index is 842. The molecule has 1 heterocycles. The summed E-state index contributed by atoms with van der Waals surface area (Å²) in [6, 6.07) is 8.73. The fourth-order valence-electron chi connectivity index (χ4n) is 2.04. The SMILES string of the molecule is Cc1nc2cc(NC(=O)c3cc(F)ccc3N)ccc2o1. The molecule has 6 heteroatoms. The second-order valence-corrected chi connectivity index (χ2v) is 4.60. The lowest BCUT2D eigenvalue weighted by Gasteiger charge is -2.07. The number of nitrogens with two attached hydrogens (primary N) is 1. The summed E-state index contributed by atoms with van der Waals surface area (Å²) >= 11 is 0. The second kappa shape index (κ2) is 4.90. The van der Waals surface area contributed by atoms with Crippen molar-refractivity contribution in [3.8, 4) is 0 Å². The van der Waals surface area contributed by atoms with Gasteiger partial charge in [-0.25, -0.2) is 9.37 Å². The molecule has 0 bridgehead atoms. The molecule has 106 valence electrons. The van der Waals surface area contributed by atoms with E-state index in [0.29, 0.717) is 22.7 Å². The second-order valence-electron chi connectivity index (χ2n) is 4.60. The molecule has 3 rings (SSSR count). The van der Waals surface area contributed by atoms with Crippen LogP contribution in [0.5, 0.6) is 0 Å². The van der Waals surface area contributed by atoms with E-state index in [9.17, 15) is 9.18 Å². The van der Waals surface area contributed by atoms with E-state index in [1.54, 1.807) is 25.1 Å². The number of carbonyl (C=O) groups excluding carboxylic acids is 1. The molecule has 0 radical (unpaired) electrons. The van der Waals surface area contributed by atoms with Crippen LogP contribution >= 0.6 is 0 Å². The number of halogens is 1. The number of nitrogens with one attached hydrogen (secondary N) is 1. The number of benzene rings is 2. The Morgan fingerprint density at radius 3 is 2.90 bits per heavy atom. The van der Waals surface area contributed by atoms with Crippen LogP contribution in [-0.4, -0.2) is 10.9 Å². The molecular weight excluding hydrogens is 273 g/mol. The van der Waals surface area contributed by atoms with Gasteiger partial charge in [0.25, 0.3) is 5.91 Å². The zero-order valence-corrected chi connectivity index (χ0v) is 11.2. The van der Waals surface area contributed by atoms with Crippen LogP contribution in [0.25, 0.3) is 11.1 Å². The molecule has 3 N–H and O–H groups in total. The number of hydrogen-bond donors (Lipinski definition) is 2. The molecule has 1 aromatic heterocycles. The molecule has 0 aliphatic rings. The van der Waals surface area contributed by atoms with Crippen molar-refractivity contribution in [3.63, 3.8) is 0 Å². The summed E-state index contributed by atoms with van der Waals surface area (Å²) in [5, 5.41) is 2.66. The monoisotopic (exact) mass is 285 g/mol. The predicted molar refractivity (Wildman–Crippen MR) is 77.5 cm³/mol. The smallest absolute Gasteiger partial charge is 0.257 e. The third-order valence-electron chi connectivity index (χ3n) is 3.01. The number of oxazole rings is 1. The lowest BCUT2D eigenvalue weighted by Crippen LogP contribution is -2.14. The van der Waals surface area contributed by atoms with Crippen molar-refractivity contribution >= 4 is 28.4 Å². The lowest BCUT2D eigenvalue weighted by molar-refractivity contribution is 0.102. The Hall–Kier alpha value is -2.89. The van der Waals surface area contributed by atoms with Gasteiger partial charge in [0.15, 0.2) is 11.5 Å². The number of fused-ring (bicyclic) bond motifs is 1. The van der Waals surface area contributed by atoms with Gasteiger partial charge in [-0.05, 0) is 36.4 Å². The van der Waals surface area contributed by atoms with Crippen LogP contribution in [-0.2, 0) is 0 Å². The summed E-state index contributed by atoms with van der Waals surface area (Å²) < 4.78 is 18.6. The standard InChI is InChI=1S/C15H12FN3O2/c1-8-18-13-7-10(3-5-14(13)21-8)19-15(20)11-6-9(16)2-4-12(11)17/h2-7H,17H2,1H3,(H,19,20). The molecule has 3 aromatic rings. The Kier molecular flexibility index (Phi) is 3.06. The number of amides is 1. The van der Waals surface area contributed by atoms with E-state index in [2.05, 4.69) is 10.3 Å². The molecule has 0 aliphatic heterocycles. The number of anilines is 2. The summed E-state index contributed by atoms with van der Waals surface area (Å²) in [7, 11) is 0. The lowest BCUT2D eigenvalue weighted by atomic mass is 10.1. The van der Waals surface area contributed by atoms with E-state index >= 15 is 0 Å². The van der Waals surface area contributed by atoms with Gasteiger partial charge in [0.2, 0.25) is 0 Å². The van der Waals surface area contributed by atoms with Gasteiger partial charge < -0.3 is 15.5 Å². The number of nitrogen functional groups attached to an aromatic ring is 1. The first-order valence-corrected chi connectivity index (χ1v) is 6.26. The maximum absolute atomic E-state index is 13.2. The summed E-state index contributed by atoms with van der Waals surface area (Å²) in [5.74, 6) is -0.452. The number of hydrogen-bond acceptors (Lipinski definition) is 4. The molecule has 0 unspecified atom stereocenters. The fraction of sp³-hybridized carbons (Fsp3) is 0.0667. The van der Waals surface area contributed by atoms with E-state index in [-0.39, 0.29) is 11.3 Å². The first kappa shape index (κ1) is 13.1. The van der Waals surface area contributed by atoms with E-state index in [0.717, 1.165) is 6.07 Å². The number of aryl methyl sites for hydroxylation is 1. The van der Waals surface area contributed by atoms with Gasteiger partial charge in [0.1, 0.15) is 11.3 Å². The van der Waals surface area contributed by atoms with Crippen molar-refractivity contribution in [2.24, 2.45) is 0 Å². The predicted octanol–water partition coefficient (Wildman–Crippen LogP) is 3.11. The molecule has 0 atom stereocenters. The number of carbonyl (C=O) groups is 1. The average molecular weight is 285 g/mol. The van der Waals surface area contributed by atoms with Crippen molar-refractivity contribution in [2.45, 2.75) is 6.92 Å². The summed E-state index contributed by atoms with van der Waals surface area (Å²) in [6.07, 6.45) is 0. The van der Waals surface area contributed by atoms with Crippen LogP contribution in [0, 0.1) is 12.7 Å². The molecule has 21 heavy (non-hydrogen) atoms. The molecule has 0 spiro atoms. The molecule has 2 aromatic carbocycles. The third-order valence-corrected chi connectivity index (χ3v) is 3.01. The number of rotatable bonds is 2. The van der Waals surface area contributed by atoms with Gasteiger partial charge >= 0.3 is 0 Å². The van der Waals surface area contributed by atoms with Crippen molar-refractivity contribution in [3.05, 3.63) is 53.7 Å². The molecular formula is C15H12FN3O2. The number of nitrogens with zero attached hydrogens (tertiary/aromatic N) is 1. The van der Waals surface area contributed by atoms with Gasteiger partial charge in [-0.15, -0.1) is 0 Å². The van der Waals surface area contributed by atoms with Crippen LogP contribution in [0.4, 0.5) is 15.8 Å². The first-order chi connectivity index (χ1) is 10.0. The topological polar surface area (TPSA) is 81.2 Å². The maximum atomic E-state index is 13.2. The van der Waals surface area contributed by atoms with Gasteiger partial charge in [-0.2, -0.15) is 0 Å². The van der Waals surface area contributed by atoms with Gasteiger partial charge in [0, 0.05) is 18.3 Å². The highest BCUT2D eigenvalue weighted by atomic mass is 19.1. The summed E-state index contributed by atoms with van der Waals surface area (Å²) in [6.45, 7) is 1.74. The largest absolute Gasteiger partial charge is 0.441 e. The van der Waals surface area contributed by atoms with Crippen molar-refractivity contribution < 1.29 is 13.6 Å². The van der Waals surface area contributed by atoms with E-state index in [4.69, 9.17) is 10.2 Å². The molecule has 0 saturated heterocycles. The highest BCUT2D eigenvalue weighted by Crippen LogP contribution is 2.21. The van der Waals surface area contributed by atoms with Crippen LogP contribution in [0.15, 0.2) is 40.8 Å². The van der Waals surface area contributed by atoms with Crippen LogP contribution < -0.4 is 11.1 Å². The highest BCUT2D eigenvalue weighted by Gasteiger charge is 2.12. The molecule has 0 saturated carbocycles. The normalized spacial score (nSPS) is 10.8. The van der Waals surface area contributed by atoms with Crippen LogP contribution in [0.1, 0.15) is 16.2 Å². The molecule has 1 amide bonds. The van der Waals surface area contributed by atoms with Crippen molar-refractivity contribution in [1.29, 1.82) is 0 Å². The van der Waals surface area contributed by atoms with Crippen molar-refractivity contribution in [1.82, 2.24) is 4.98 Å². The van der Waals surface area contributed by atoms with Gasteiger partial charge in [0.05, 0.1) is 5.56 Å². The highest BCUT2D eigenvalue weighted by molar-refractivity contribution is 6.08. The van der Waals surface area contributed by atoms with E-state index in [1.807, 2.05) is 0 Å². The minimum atomic E-state index is -0.517. The zero-order valence-electron chi connectivity index (χ0n) is 11.2. The Labute approximate surface area is 119 Å². The van der Waals surface area contributed by atoms with Gasteiger partial charge in [-0.3, -0.25) is 4.79 Å². The Morgan fingerprint density at radius 1 is 1.29 bits per heavy atom. The van der Waals surface area contributed by atoms with Gasteiger partial charge in [-0.1, -0.05) is 0 Å². The van der Waals surface area contributed by atoms with E-state index < -0.39 is 11.7 Å². The molecule has 5 nitrogen and oxygen atoms in total. The Morgan fingerprint density at radius 2 is 2.10 bits per heavy atom. The fourth-order valence-corrected chi connectivity index (χ4v) is 2.04. The number of aromatic nitrogens is 1. The average Bonchev–Trinajstić information content (AvgIpc) is 2.80. The minimum Gasteiger partial charge on any atom is -0.441 e.